The van der Waals surface area contributed by atoms with Crippen LogP contribution in [0.2, 0.25) is 0 Å². The quantitative estimate of drug-likeness (QED) is 0.619. The lowest BCUT2D eigenvalue weighted by molar-refractivity contribution is 0.100. The summed E-state index contributed by atoms with van der Waals surface area (Å²) in [6, 6.07) is 22.6. The van der Waals surface area contributed by atoms with Crippen LogP contribution in [-0.4, -0.2) is 5.91 Å². The third kappa shape index (κ3) is 4.61. The van der Waals surface area contributed by atoms with Gasteiger partial charge in [-0.3, -0.25) is 4.79 Å². The van der Waals surface area contributed by atoms with Crippen molar-refractivity contribution in [3.8, 4) is 11.5 Å². The number of nitrogens with two attached hydrogens (primary N) is 1. The van der Waals surface area contributed by atoms with E-state index in [1.54, 1.807) is 24.3 Å². The number of nitrogens with one attached hydrogen (secondary N) is 1. The smallest absolute Gasteiger partial charge is 0.248 e. The van der Waals surface area contributed by atoms with E-state index in [1.807, 2.05) is 48.5 Å². The molecule has 0 fully saturated rings. The Labute approximate surface area is 154 Å². The monoisotopic (exact) mass is 396 g/mol. The lowest BCUT2D eigenvalue weighted by Gasteiger charge is -2.11. The zero-order valence-corrected chi connectivity index (χ0v) is 15.0. The summed E-state index contributed by atoms with van der Waals surface area (Å²) in [6.45, 7) is 0.669. The summed E-state index contributed by atoms with van der Waals surface area (Å²) in [5, 5.41) is 3.38. The highest BCUT2D eigenvalue weighted by molar-refractivity contribution is 9.10. The minimum Gasteiger partial charge on any atom is -0.457 e. The van der Waals surface area contributed by atoms with E-state index in [0.29, 0.717) is 17.9 Å². The van der Waals surface area contributed by atoms with E-state index in [1.165, 1.54) is 0 Å². The molecule has 0 spiro atoms. The van der Waals surface area contributed by atoms with Crippen LogP contribution < -0.4 is 15.8 Å². The standard InChI is InChI=1S/C20H17BrN2O2/c21-19-11-10-18(25-17-8-6-14(7-9-17)20(22)24)12-15(19)13-23-16-4-2-1-3-5-16/h1-12,23H,13H2,(H2,22,24). The van der Waals surface area contributed by atoms with Gasteiger partial charge < -0.3 is 15.8 Å². The third-order valence-electron chi connectivity index (χ3n) is 3.65. The zero-order chi connectivity index (χ0) is 17.6. The Bertz CT molecular complexity index is 865. The Hall–Kier alpha value is -2.79. The van der Waals surface area contributed by atoms with E-state index < -0.39 is 5.91 Å². The van der Waals surface area contributed by atoms with Crippen molar-refractivity contribution in [3.63, 3.8) is 0 Å². The van der Waals surface area contributed by atoms with Gasteiger partial charge in [-0.25, -0.2) is 0 Å². The van der Waals surface area contributed by atoms with Crippen molar-refractivity contribution < 1.29 is 9.53 Å². The number of carbonyl (C=O) groups excluding carboxylic acids is 1. The lowest BCUT2D eigenvalue weighted by atomic mass is 10.2. The number of anilines is 1. The summed E-state index contributed by atoms with van der Waals surface area (Å²) < 4.78 is 6.87. The van der Waals surface area contributed by atoms with Gasteiger partial charge in [-0.05, 0) is 60.2 Å². The maximum absolute atomic E-state index is 11.1. The number of para-hydroxylation sites is 1. The summed E-state index contributed by atoms with van der Waals surface area (Å²) in [4.78, 5) is 11.1. The Morgan fingerprint density at radius 2 is 1.64 bits per heavy atom. The van der Waals surface area contributed by atoms with Gasteiger partial charge in [0.25, 0.3) is 0 Å². The molecule has 25 heavy (non-hydrogen) atoms. The largest absolute Gasteiger partial charge is 0.457 e. The molecule has 0 aromatic heterocycles. The first kappa shape index (κ1) is 17.0. The number of hydrogen-bond donors (Lipinski definition) is 2. The predicted molar refractivity (Wildman–Crippen MR) is 103 cm³/mol. The molecule has 0 heterocycles. The summed E-state index contributed by atoms with van der Waals surface area (Å²) in [5.74, 6) is 0.915. The minimum absolute atomic E-state index is 0.454. The van der Waals surface area contributed by atoms with Crippen LogP contribution in [0.1, 0.15) is 15.9 Å². The summed E-state index contributed by atoms with van der Waals surface area (Å²) >= 11 is 3.57. The van der Waals surface area contributed by atoms with Gasteiger partial charge in [-0.1, -0.05) is 34.1 Å². The topological polar surface area (TPSA) is 64.4 Å². The fourth-order valence-electron chi connectivity index (χ4n) is 2.33. The van der Waals surface area contributed by atoms with Crippen LogP contribution in [0.3, 0.4) is 0 Å². The summed E-state index contributed by atoms with van der Waals surface area (Å²) in [7, 11) is 0. The molecule has 3 aromatic rings. The molecule has 0 aliphatic heterocycles. The molecule has 4 nitrogen and oxygen atoms in total. The molecule has 1 amide bonds. The number of halogens is 1. The lowest BCUT2D eigenvalue weighted by Crippen LogP contribution is -2.10. The molecule has 0 aliphatic rings. The van der Waals surface area contributed by atoms with Gasteiger partial charge in [0.15, 0.2) is 0 Å². The van der Waals surface area contributed by atoms with E-state index in [-0.39, 0.29) is 0 Å². The maximum atomic E-state index is 11.1. The third-order valence-corrected chi connectivity index (χ3v) is 4.42. The van der Waals surface area contributed by atoms with E-state index >= 15 is 0 Å². The van der Waals surface area contributed by atoms with E-state index in [2.05, 4.69) is 21.2 Å². The second-order valence-electron chi connectivity index (χ2n) is 5.46. The molecule has 0 saturated heterocycles. The van der Waals surface area contributed by atoms with Crippen molar-refractivity contribution in [1.29, 1.82) is 0 Å². The average molecular weight is 397 g/mol. The van der Waals surface area contributed by atoms with Gasteiger partial charge in [0.2, 0.25) is 5.91 Å². The van der Waals surface area contributed by atoms with Crippen LogP contribution >= 0.6 is 15.9 Å². The highest BCUT2D eigenvalue weighted by Crippen LogP contribution is 2.27. The maximum Gasteiger partial charge on any atom is 0.248 e. The van der Waals surface area contributed by atoms with Crippen molar-refractivity contribution >= 4 is 27.5 Å². The van der Waals surface area contributed by atoms with Gasteiger partial charge in [0, 0.05) is 22.3 Å². The number of hydrogen-bond acceptors (Lipinski definition) is 3. The molecular weight excluding hydrogens is 380 g/mol. The van der Waals surface area contributed by atoms with E-state index in [4.69, 9.17) is 10.5 Å². The predicted octanol–water partition coefficient (Wildman–Crippen LogP) is 4.95. The molecule has 0 unspecified atom stereocenters. The number of amides is 1. The molecule has 0 radical (unpaired) electrons. The number of benzene rings is 3. The average Bonchev–Trinajstić information content (AvgIpc) is 2.63. The molecule has 5 heteroatoms. The minimum atomic E-state index is -0.454. The summed E-state index contributed by atoms with van der Waals surface area (Å²) in [5.41, 5.74) is 7.83. The number of primary amides is 1. The van der Waals surface area contributed by atoms with Crippen molar-refractivity contribution in [2.24, 2.45) is 5.73 Å². The molecule has 0 bridgehead atoms. The molecule has 3 aromatic carbocycles. The van der Waals surface area contributed by atoms with E-state index in [0.717, 1.165) is 21.5 Å². The first-order chi connectivity index (χ1) is 12.1. The first-order valence-electron chi connectivity index (χ1n) is 7.77. The fraction of sp³-hybridized carbons (Fsp3) is 0.0500. The molecule has 0 aliphatic carbocycles. The van der Waals surface area contributed by atoms with Crippen LogP contribution in [-0.2, 0) is 6.54 Å². The van der Waals surface area contributed by atoms with Gasteiger partial charge in [-0.2, -0.15) is 0 Å². The van der Waals surface area contributed by atoms with Gasteiger partial charge in [0.1, 0.15) is 11.5 Å². The zero-order valence-electron chi connectivity index (χ0n) is 13.4. The second kappa shape index (κ2) is 7.85. The Morgan fingerprint density at radius 3 is 2.32 bits per heavy atom. The second-order valence-corrected chi connectivity index (χ2v) is 6.32. The fourth-order valence-corrected chi connectivity index (χ4v) is 2.71. The number of rotatable bonds is 6. The SMILES string of the molecule is NC(=O)c1ccc(Oc2ccc(Br)c(CNc3ccccc3)c2)cc1. The Kier molecular flexibility index (Phi) is 5.36. The van der Waals surface area contributed by atoms with Crippen LogP contribution in [0, 0.1) is 0 Å². The van der Waals surface area contributed by atoms with Crippen LogP contribution in [0.15, 0.2) is 77.3 Å². The van der Waals surface area contributed by atoms with Crippen molar-refractivity contribution in [2.75, 3.05) is 5.32 Å². The first-order valence-corrected chi connectivity index (χ1v) is 8.56. The van der Waals surface area contributed by atoms with E-state index in [9.17, 15) is 4.79 Å². The van der Waals surface area contributed by atoms with Crippen LogP contribution in [0.5, 0.6) is 11.5 Å². The van der Waals surface area contributed by atoms with Crippen molar-refractivity contribution in [1.82, 2.24) is 0 Å². The highest BCUT2D eigenvalue weighted by atomic mass is 79.9. The molecule has 0 atom stereocenters. The molecular formula is C20H17BrN2O2. The van der Waals surface area contributed by atoms with Crippen molar-refractivity contribution in [2.45, 2.75) is 6.54 Å². The van der Waals surface area contributed by atoms with Gasteiger partial charge >= 0.3 is 0 Å². The van der Waals surface area contributed by atoms with Gasteiger partial charge in [-0.15, -0.1) is 0 Å². The molecule has 3 rings (SSSR count). The van der Waals surface area contributed by atoms with Crippen molar-refractivity contribution in [3.05, 3.63) is 88.4 Å². The number of carbonyl (C=O) groups is 1. The Morgan fingerprint density at radius 1 is 0.960 bits per heavy atom. The normalized spacial score (nSPS) is 10.3. The molecule has 126 valence electrons. The van der Waals surface area contributed by atoms with Gasteiger partial charge in [0.05, 0.1) is 0 Å². The summed E-state index contributed by atoms with van der Waals surface area (Å²) in [6.07, 6.45) is 0. The molecule has 0 saturated carbocycles. The molecule has 3 N–H and O–H groups in total. The number of ether oxygens (including phenoxy) is 1. The van der Waals surface area contributed by atoms with Crippen LogP contribution in [0.4, 0.5) is 5.69 Å². The Balaban J connectivity index is 1.71. The highest BCUT2D eigenvalue weighted by Gasteiger charge is 2.05. The van der Waals surface area contributed by atoms with Crippen LogP contribution in [0.25, 0.3) is 0 Å².